The second-order valence-electron chi connectivity index (χ2n) is 9.84. The highest BCUT2D eigenvalue weighted by molar-refractivity contribution is 5.93. The molecule has 0 aliphatic carbocycles. The molecule has 1 fully saturated rings. The lowest BCUT2D eigenvalue weighted by Gasteiger charge is -2.37. The highest BCUT2D eigenvalue weighted by atomic mass is 35.5. The SMILES string of the molecule is Cc1cccc(N2CCN(CC(O)CNC(=O)c3nc(C)n(-c4ccc(C(F)(F)F)cc4)c3C)CC2)c1C.Cl.Cl. The van der Waals surface area contributed by atoms with Crippen molar-refractivity contribution in [2.75, 3.05) is 44.2 Å². The molecule has 2 heterocycles. The number of nitrogens with one attached hydrogen (secondary N) is 1. The summed E-state index contributed by atoms with van der Waals surface area (Å²) in [5.74, 6) is 0.0460. The topological polar surface area (TPSA) is 73.6 Å². The van der Waals surface area contributed by atoms with Gasteiger partial charge in [0.15, 0.2) is 0 Å². The molecule has 1 saturated heterocycles. The number of halogens is 5. The Bertz CT molecular complexity index is 1290. The third-order valence-electron chi connectivity index (χ3n) is 7.20. The van der Waals surface area contributed by atoms with E-state index < -0.39 is 23.8 Å². The molecule has 1 aromatic heterocycles. The van der Waals surface area contributed by atoms with E-state index in [0.29, 0.717) is 23.8 Å². The van der Waals surface area contributed by atoms with Crippen LogP contribution >= 0.6 is 24.8 Å². The van der Waals surface area contributed by atoms with E-state index >= 15 is 0 Å². The van der Waals surface area contributed by atoms with E-state index in [1.54, 1.807) is 18.4 Å². The average molecular weight is 603 g/mol. The Morgan fingerprint density at radius 3 is 2.23 bits per heavy atom. The Balaban J connectivity index is 0.00000280. The van der Waals surface area contributed by atoms with Gasteiger partial charge in [-0.2, -0.15) is 13.2 Å². The average Bonchev–Trinajstić information content (AvgIpc) is 3.18. The largest absolute Gasteiger partial charge is 0.416 e. The van der Waals surface area contributed by atoms with Gasteiger partial charge in [0, 0.05) is 50.6 Å². The van der Waals surface area contributed by atoms with Crippen molar-refractivity contribution in [2.45, 2.75) is 40.0 Å². The number of amides is 1. The second-order valence-corrected chi connectivity index (χ2v) is 9.84. The third kappa shape index (κ3) is 7.48. The molecule has 2 aromatic carbocycles. The van der Waals surface area contributed by atoms with Crippen LogP contribution in [0.3, 0.4) is 0 Å². The molecule has 0 bridgehead atoms. The number of hydrogen-bond acceptors (Lipinski definition) is 5. The minimum absolute atomic E-state index is 0. The van der Waals surface area contributed by atoms with Crippen LogP contribution in [0.25, 0.3) is 5.69 Å². The van der Waals surface area contributed by atoms with Crippen molar-refractivity contribution in [3.8, 4) is 5.69 Å². The second kappa shape index (κ2) is 13.7. The van der Waals surface area contributed by atoms with E-state index in [0.717, 1.165) is 38.3 Å². The minimum Gasteiger partial charge on any atom is -0.390 e. The Kier molecular flexibility index (Phi) is 11.5. The molecule has 1 amide bonds. The number of carbonyl (C=O) groups is 1. The highest BCUT2D eigenvalue weighted by Gasteiger charge is 2.30. The normalized spacial score (nSPS) is 14.8. The summed E-state index contributed by atoms with van der Waals surface area (Å²) in [4.78, 5) is 21.7. The molecular weight excluding hydrogens is 566 g/mol. The number of aromatic nitrogens is 2. The molecule has 0 radical (unpaired) electrons. The van der Waals surface area contributed by atoms with Gasteiger partial charge in [0.2, 0.25) is 0 Å². The summed E-state index contributed by atoms with van der Waals surface area (Å²) in [6.07, 6.45) is -5.17. The van der Waals surface area contributed by atoms with Crippen LogP contribution in [0.4, 0.5) is 18.9 Å². The molecule has 220 valence electrons. The van der Waals surface area contributed by atoms with E-state index in [1.807, 2.05) is 0 Å². The lowest BCUT2D eigenvalue weighted by atomic mass is 10.1. The van der Waals surface area contributed by atoms with Crippen molar-refractivity contribution in [2.24, 2.45) is 0 Å². The number of β-amino-alcohol motifs (C(OH)–C–C–N with tert-alkyl or cyclic N) is 1. The van der Waals surface area contributed by atoms with E-state index in [9.17, 15) is 23.1 Å². The molecule has 0 saturated carbocycles. The fourth-order valence-electron chi connectivity index (χ4n) is 4.94. The molecule has 7 nitrogen and oxygen atoms in total. The smallest absolute Gasteiger partial charge is 0.390 e. The molecule has 40 heavy (non-hydrogen) atoms. The van der Waals surface area contributed by atoms with Gasteiger partial charge >= 0.3 is 6.18 Å². The molecule has 4 rings (SSSR count). The summed E-state index contributed by atoms with van der Waals surface area (Å²) >= 11 is 0. The van der Waals surface area contributed by atoms with Gasteiger partial charge < -0.3 is 19.9 Å². The van der Waals surface area contributed by atoms with Gasteiger partial charge in [0.05, 0.1) is 17.4 Å². The highest BCUT2D eigenvalue weighted by Crippen LogP contribution is 2.30. The van der Waals surface area contributed by atoms with Crippen molar-refractivity contribution in [1.82, 2.24) is 19.8 Å². The van der Waals surface area contributed by atoms with Gasteiger partial charge in [0.25, 0.3) is 5.91 Å². The number of anilines is 1. The van der Waals surface area contributed by atoms with Gasteiger partial charge in [-0.1, -0.05) is 12.1 Å². The summed E-state index contributed by atoms with van der Waals surface area (Å²) in [5, 5.41) is 13.3. The Hall–Kier alpha value is -2.79. The number of piperazine rings is 1. The van der Waals surface area contributed by atoms with Crippen LogP contribution in [0.5, 0.6) is 0 Å². The van der Waals surface area contributed by atoms with Gasteiger partial charge in [-0.25, -0.2) is 4.98 Å². The number of rotatable bonds is 7. The monoisotopic (exact) mass is 601 g/mol. The number of aliphatic hydroxyl groups excluding tert-OH is 1. The Labute approximate surface area is 245 Å². The van der Waals surface area contributed by atoms with E-state index in [1.165, 1.54) is 28.9 Å². The number of hydrogen-bond donors (Lipinski definition) is 2. The fourth-order valence-corrected chi connectivity index (χ4v) is 4.94. The number of alkyl halides is 3. The molecule has 1 aliphatic rings. The zero-order chi connectivity index (χ0) is 27.6. The summed E-state index contributed by atoms with van der Waals surface area (Å²) in [5.41, 5.74) is 4.24. The van der Waals surface area contributed by atoms with Crippen LogP contribution in [-0.4, -0.2) is 70.8 Å². The Morgan fingerprint density at radius 1 is 1.00 bits per heavy atom. The van der Waals surface area contributed by atoms with Crippen molar-refractivity contribution in [1.29, 1.82) is 0 Å². The fraction of sp³-hybridized carbons (Fsp3) is 0.429. The summed E-state index contributed by atoms with van der Waals surface area (Å²) in [7, 11) is 0. The maximum atomic E-state index is 12.9. The van der Waals surface area contributed by atoms with Crippen molar-refractivity contribution in [3.05, 3.63) is 76.4 Å². The van der Waals surface area contributed by atoms with Crippen LogP contribution in [0.15, 0.2) is 42.5 Å². The number of imidazole rings is 1. The van der Waals surface area contributed by atoms with Crippen LogP contribution in [-0.2, 0) is 6.18 Å². The first-order valence-electron chi connectivity index (χ1n) is 12.7. The predicted molar refractivity (Wildman–Crippen MR) is 155 cm³/mol. The van der Waals surface area contributed by atoms with Crippen molar-refractivity contribution >= 4 is 36.4 Å². The van der Waals surface area contributed by atoms with Gasteiger partial charge in [0.1, 0.15) is 11.5 Å². The van der Waals surface area contributed by atoms with Crippen LogP contribution in [0.2, 0.25) is 0 Å². The number of nitrogens with zero attached hydrogens (tertiary/aromatic N) is 4. The molecule has 3 aromatic rings. The Morgan fingerprint density at radius 2 is 1.62 bits per heavy atom. The lowest BCUT2D eigenvalue weighted by Crippen LogP contribution is -2.50. The maximum Gasteiger partial charge on any atom is 0.416 e. The number of aryl methyl sites for hydroxylation is 2. The van der Waals surface area contributed by atoms with Gasteiger partial charge in [-0.15, -0.1) is 24.8 Å². The minimum atomic E-state index is -4.42. The summed E-state index contributed by atoms with van der Waals surface area (Å²) in [6.45, 7) is 11.5. The van der Waals surface area contributed by atoms with Crippen molar-refractivity contribution < 1.29 is 23.1 Å². The maximum absolute atomic E-state index is 12.9. The molecule has 1 atom stereocenters. The zero-order valence-corrected chi connectivity index (χ0v) is 24.6. The number of aliphatic hydroxyl groups is 1. The van der Waals surface area contributed by atoms with Gasteiger partial charge in [-0.3, -0.25) is 9.69 Å². The molecule has 0 spiro atoms. The summed E-state index contributed by atoms with van der Waals surface area (Å²) in [6, 6.07) is 11.1. The third-order valence-corrected chi connectivity index (χ3v) is 7.20. The van der Waals surface area contributed by atoms with E-state index in [-0.39, 0.29) is 37.1 Å². The number of benzene rings is 2. The summed E-state index contributed by atoms with van der Waals surface area (Å²) < 4.78 is 40.4. The predicted octanol–water partition coefficient (Wildman–Crippen LogP) is 4.88. The van der Waals surface area contributed by atoms with Crippen LogP contribution in [0.1, 0.15) is 38.7 Å². The molecule has 2 N–H and O–H groups in total. The van der Waals surface area contributed by atoms with E-state index in [4.69, 9.17) is 0 Å². The molecular formula is C28H36Cl2F3N5O2. The first-order chi connectivity index (χ1) is 18.0. The van der Waals surface area contributed by atoms with Crippen molar-refractivity contribution in [3.63, 3.8) is 0 Å². The molecule has 1 aliphatic heterocycles. The molecule has 1 unspecified atom stereocenters. The zero-order valence-electron chi connectivity index (χ0n) is 23.0. The first kappa shape index (κ1) is 33.4. The van der Waals surface area contributed by atoms with E-state index in [2.05, 4.69) is 52.1 Å². The standard InChI is InChI=1S/C28H34F3N5O2.2ClH/c1-18-6-5-7-25(19(18)2)35-14-12-34(13-15-35)17-24(37)16-32-27(38)26-20(3)36(21(4)33-26)23-10-8-22(9-11-23)28(29,30)31;;/h5-11,24,37H,12-17H2,1-4H3,(H,32,38);2*1H. The first-order valence-corrected chi connectivity index (χ1v) is 12.7. The van der Waals surface area contributed by atoms with Crippen LogP contribution in [0, 0.1) is 27.7 Å². The molecule has 12 heteroatoms. The van der Waals surface area contributed by atoms with Gasteiger partial charge in [-0.05, 0) is 69.2 Å². The quantitative estimate of drug-likeness (QED) is 0.404. The van der Waals surface area contributed by atoms with Crippen LogP contribution < -0.4 is 10.2 Å². The lowest BCUT2D eigenvalue weighted by molar-refractivity contribution is -0.137. The number of carbonyl (C=O) groups excluding carboxylic acids is 1.